The summed E-state index contributed by atoms with van der Waals surface area (Å²) in [5, 5.41) is 0.811. The molecule has 0 aromatic heterocycles. The van der Waals surface area contributed by atoms with E-state index in [-0.39, 0.29) is 6.61 Å². The van der Waals surface area contributed by atoms with Crippen LogP contribution in [0.4, 0.5) is 0 Å². The van der Waals surface area contributed by atoms with E-state index in [1.807, 2.05) is 0 Å². The fraction of sp³-hybridized carbons (Fsp3) is 0.125. The largest absolute Gasteiger partial charge is 0.480 e. The summed E-state index contributed by atoms with van der Waals surface area (Å²) in [4.78, 5) is 14.5. The van der Waals surface area contributed by atoms with Crippen LogP contribution in [-0.4, -0.2) is 12.6 Å². The van der Waals surface area contributed by atoms with Gasteiger partial charge in [-0.05, 0) is 18.2 Å². The van der Waals surface area contributed by atoms with Gasteiger partial charge in [-0.3, -0.25) is 0 Å². The summed E-state index contributed by atoms with van der Waals surface area (Å²) in [5.74, 6) is 4.28. The van der Waals surface area contributed by atoms with Crippen LogP contribution in [0.25, 0.3) is 0 Å². The van der Waals surface area contributed by atoms with Crippen LogP contribution >= 0.6 is 23.2 Å². The quantitative estimate of drug-likeness (QED) is 0.812. The third-order valence-corrected chi connectivity index (χ3v) is 1.90. The lowest BCUT2D eigenvalue weighted by molar-refractivity contribution is -0.146. The molecule has 0 heterocycles. The van der Waals surface area contributed by atoms with Crippen LogP contribution < -0.4 is 10.6 Å². The molecule has 0 saturated heterocycles. The van der Waals surface area contributed by atoms with E-state index in [2.05, 4.69) is 10.7 Å². The Morgan fingerprint density at radius 2 is 2.14 bits per heavy atom. The van der Waals surface area contributed by atoms with Crippen molar-refractivity contribution in [1.29, 1.82) is 0 Å². The summed E-state index contributed by atoms with van der Waals surface area (Å²) in [6.07, 6.45) is 0. The summed E-state index contributed by atoms with van der Waals surface area (Å²) in [5.41, 5.74) is 0. The van der Waals surface area contributed by atoms with Gasteiger partial charge in [-0.1, -0.05) is 23.2 Å². The third kappa shape index (κ3) is 3.06. The number of hydrogen-bond acceptors (Lipinski definition) is 4. The molecule has 0 bridgehead atoms. The molecule has 76 valence electrons. The smallest absolute Gasteiger partial charge is 0.362 e. The lowest BCUT2D eigenvalue weighted by atomic mass is 10.3. The molecule has 4 nitrogen and oxygen atoms in total. The Morgan fingerprint density at radius 1 is 1.43 bits per heavy atom. The molecular weight excluding hydrogens is 229 g/mol. The monoisotopic (exact) mass is 235 g/mol. The second kappa shape index (κ2) is 5.05. The van der Waals surface area contributed by atoms with Crippen LogP contribution in [0.1, 0.15) is 0 Å². The number of nitrogens with two attached hydrogens (primary N) is 1. The van der Waals surface area contributed by atoms with E-state index in [4.69, 9.17) is 27.9 Å². The van der Waals surface area contributed by atoms with Crippen molar-refractivity contribution in [2.45, 2.75) is 0 Å². The average molecular weight is 236 g/mol. The Morgan fingerprint density at radius 3 is 2.71 bits per heavy atom. The Hall–Kier alpha value is -0.970. The molecule has 2 N–H and O–H groups in total. The van der Waals surface area contributed by atoms with Crippen LogP contribution in [0.3, 0.4) is 0 Å². The number of benzene rings is 1. The highest BCUT2D eigenvalue weighted by Crippen LogP contribution is 2.27. The highest BCUT2D eigenvalue weighted by molar-refractivity contribution is 6.35. The number of carbonyl (C=O) groups is 1. The maximum Gasteiger partial charge on any atom is 0.362 e. The van der Waals surface area contributed by atoms with Crippen molar-refractivity contribution in [2.24, 2.45) is 5.90 Å². The van der Waals surface area contributed by atoms with E-state index in [9.17, 15) is 4.79 Å². The summed E-state index contributed by atoms with van der Waals surface area (Å²) >= 11 is 11.4. The van der Waals surface area contributed by atoms with Crippen molar-refractivity contribution < 1.29 is 14.4 Å². The zero-order valence-corrected chi connectivity index (χ0v) is 8.51. The van der Waals surface area contributed by atoms with E-state index in [1.165, 1.54) is 6.07 Å². The van der Waals surface area contributed by atoms with Gasteiger partial charge < -0.3 is 9.57 Å². The molecule has 0 amide bonds. The van der Waals surface area contributed by atoms with E-state index in [0.717, 1.165) is 0 Å². The first-order valence-corrected chi connectivity index (χ1v) is 4.36. The molecule has 6 heteroatoms. The molecule has 0 aliphatic heterocycles. The van der Waals surface area contributed by atoms with Crippen molar-refractivity contribution in [3.05, 3.63) is 28.2 Å². The molecule has 0 spiro atoms. The van der Waals surface area contributed by atoms with E-state index < -0.39 is 5.97 Å². The van der Waals surface area contributed by atoms with Gasteiger partial charge in [0.2, 0.25) is 0 Å². The molecule has 0 unspecified atom stereocenters. The van der Waals surface area contributed by atoms with Crippen molar-refractivity contribution >= 4 is 29.2 Å². The van der Waals surface area contributed by atoms with Gasteiger partial charge in [0.1, 0.15) is 5.75 Å². The van der Waals surface area contributed by atoms with Crippen LogP contribution in [0.5, 0.6) is 5.75 Å². The fourth-order valence-corrected chi connectivity index (χ4v) is 1.23. The van der Waals surface area contributed by atoms with E-state index >= 15 is 0 Å². The van der Waals surface area contributed by atoms with Gasteiger partial charge in [0.25, 0.3) is 0 Å². The SMILES string of the molecule is NOC(=O)COc1ccc(Cl)cc1Cl. The maximum atomic E-state index is 10.6. The van der Waals surface area contributed by atoms with E-state index in [0.29, 0.717) is 15.8 Å². The van der Waals surface area contributed by atoms with Gasteiger partial charge in [0.15, 0.2) is 6.61 Å². The topological polar surface area (TPSA) is 61.5 Å². The minimum Gasteiger partial charge on any atom is -0.480 e. The lowest BCUT2D eigenvalue weighted by Gasteiger charge is -2.05. The summed E-state index contributed by atoms with van der Waals surface area (Å²) in [6, 6.07) is 4.65. The number of rotatable bonds is 3. The van der Waals surface area contributed by atoms with Crippen LogP contribution in [-0.2, 0) is 9.63 Å². The molecule has 0 aliphatic rings. The number of ether oxygens (including phenoxy) is 1. The third-order valence-electron chi connectivity index (χ3n) is 1.37. The molecule has 1 rings (SSSR count). The number of halogens is 2. The molecule has 14 heavy (non-hydrogen) atoms. The molecule has 0 aliphatic carbocycles. The minimum atomic E-state index is -0.684. The number of carbonyl (C=O) groups excluding carboxylic acids is 1. The first-order valence-electron chi connectivity index (χ1n) is 3.61. The Labute approximate surface area is 90.5 Å². The first kappa shape index (κ1) is 11.1. The van der Waals surface area contributed by atoms with Crippen molar-refractivity contribution in [2.75, 3.05) is 6.61 Å². The van der Waals surface area contributed by atoms with Crippen molar-refractivity contribution in [3.63, 3.8) is 0 Å². The normalized spacial score (nSPS) is 9.64. The van der Waals surface area contributed by atoms with Gasteiger partial charge >= 0.3 is 5.97 Å². The summed E-state index contributed by atoms with van der Waals surface area (Å²) in [7, 11) is 0. The highest BCUT2D eigenvalue weighted by Gasteiger charge is 2.06. The van der Waals surface area contributed by atoms with Crippen molar-refractivity contribution in [1.82, 2.24) is 0 Å². The van der Waals surface area contributed by atoms with Crippen LogP contribution in [0, 0.1) is 0 Å². The second-order valence-electron chi connectivity index (χ2n) is 2.35. The van der Waals surface area contributed by atoms with E-state index in [1.54, 1.807) is 12.1 Å². The standard InChI is InChI=1S/C8H7Cl2NO3/c9-5-1-2-7(6(10)3-5)13-4-8(12)14-11/h1-3H,4,11H2. The molecule has 0 fully saturated rings. The predicted molar refractivity (Wildman–Crippen MR) is 52.2 cm³/mol. The summed E-state index contributed by atoms with van der Waals surface area (Å²) < 4.78 is 5.00. The number of hydrogen-bond donors (Lipinski definition) is 1. The first-order chi connectivity index (χ1) is 6.63. The predicted octanol–water partition coefficient (Wildman–Crippen LogP) is 1.79. The second-order valence-corrected chi connectivity index (χ2v) is 3.20. The van der Waals surface area contributed by atoms with Crippen LogP contribution in [0.2, 0.25) is 10.0 Å². The lowest BCUT2D eigenvalue weighted by Crippen LogP contribution is -2.18. The fourth-order valence-electron chi connectivity index (χ4n) is 0.763. The maximum absolute atomic E-state index is 10.6. The van der Waals surface area contributed by atoms with Crippen LogP contribution in [0.15, 0.2) is 18.2 Å². The van der Waals surface area contributed by atoms with Crippen molar-refractivity contribution in [3.8, 4) is 5.75 Å². The zero-order valence-electron chi connectivity index (χ0n) is 7.00. The summed E-state index contributed by atoms with van der Waals surface area (Å²) in [6.45, 7) is -0.294. The Balaban J connectivity index is 2.63. The van der Waals surface area contributed by atoms with Gasteiger partial charge in [0, 0.05) is 5.02 Å². The Bertz CT molecular complexity index is 343. The Kier molecular flexibility index (Phi) is 4.00. The molecule has 0 radical (unpaired) electrons. The zero-order chi connectivity index (χ0) is 10.6. The van der Waals surface area contributed by atoms with Gasteiger partial charge in [-0.25, -0.2) is 4.79 Å². The molecule has 0 saturated carbocycles. The molecule has 0 atom stereocenters. The molecular formula is C8H7Cl2NO3. The van der Waals surface area contributed by atoms with Gasteiger partial charge in [0.05, 0.1) is 5.02 Å². The van der Waals surface area contributed by atoms with Gasteiger partial charge in [-0.15, -0.1) is 0 Å². The highest BCUT2D eigenvalue weighted by atomic mass is 35.5. The molecule has 1 aromatic rings. The van der Waals surface area contributed by atoms with Gasteiger partial charge in [-0.2, -0.15) is 5.90 Å². The minimum absolute atomic E-state index is 0.294. The molecule has 1 aromatic carbocycles. The average Bonchev–Trinajstić information content (AvgIpc) is 2.16.